The number of methoxy groups -OCH3 is 1. The summed E-state index contributed by atoms with van der Waals surface area (Å²) in [5, 5.41) is 0.120. The molecule has 1 rings (SSSR count). The van der Waals surface area contributed by atoms with E-state index in [4.69, 9.17) is 22.1 Å². The van der Waals surface area contributed by atoms with Gasteiger partial charge in [-0.05, 0) is 31.0 Å². The van der Waals surface area contributed by atoms with E-state index in [1.54, 1.807) is 6.07 Å². The van der Waals surface area contributed by atoms with Crippen molar-refractivity contribution in [2.24, 2.45) is 5.73 Å². The van der Waals surface area contributed by atoms with E-state index in [0.717, 1.165) is 0 Å². The number of nitrogens with two attached hydrogens (primary N) is 1. The van der Waals surface area contributed by atoms with Crippen LogP contribution in [-0.2, 0) is 0 Å². The number of rotatable bonds is 4. The molecular weight excluding hydrogens is 217 g/mol. The van der Waals surface area contributed by atoms with Crippen LogP contribution in [-0.4, -0.2) is 13.7 Å². The second kappa shape index (κ2) is 5.33. The lowest BCUT2D eigenvalue weighted by Gasteiger charge is -2.16. The molecule has 0 aromatic heterocycles. The van der Waals surface area contributed by atoms with Crippen molar-refractivity contribution in [2.45, 2.75) is 19.3 Å². The SMILES string of the molecule is COc1ccc(Cl)c(F)c1C(C)CCN. The smallest absolute Gasteiger partial charge is 0.148 e. The third kappa shape index (κ3) is 2.61. The molecule has 2 nitrogen and oxygen atoms in total. The summed E-state index contributed by atoms with van der Waals surface area (Å²) in [6, 6.07) is 3.17. The minimum Gasteiger partial charge on any atom is -0.496 e. The van der Waals surface area contributed by atoms with E-state index in [2.05, 4.69) is 0 Å². The summed E-state index contributed by atoms with van der Waals surface area (Å²) >= 11 is 5.73. The second-order valence-electron chi connectivity index (χ2n) is 3.46. The summed E-state index contributed by atoms with van der Waals surface area (Å²) in [5.74, 6) is 0.124. The van der Waals surface area contributed by atoms with E-state index in [1.807, 2.05) is 6.92 Å². The molecule has 0 radical (unpaired) electrons. The van der Waals surface area contributed by atoms with Gasteiger partial charge in [-0.2, -0.15) is 0 Å². The van der Waals surface area contributed by atoms with E-state index in [1.165, 1.54) is 13.2 Å². The van der Waals surface area contributed by atoms with Crippen molar-refractivity contribution in [3.8, 4) is 5.75 Å². The highest BCUT2D eigenvalue weighted by Gasteiger charge is 2.18. The predicted molar refractivity (Wildman–Crippen MR) is 60.0 cm³/mol. The van der Waals surface area contributed by atoms with Gasteiger partial charge < -0.3 is 10.5 Å². The summed E-state index contributed by atoms with van der Waals surface area (Å²) in [7, 11) is 1.52. The van der Waals surface area contributed by atoms with E-state index in [9.17, 15) is 4.39 Å². The first-order valence-corrected chi connectivity index (χ1v) is 5.21. The van der Waals surface area contributed by atoms with Crippen LogP contribution >= 0.6 is 11.6 Å². The van der Waals surface area contributed by atoms with Crippen LogP contribution in [0.1, 0.15) is 24.8 Å². The van der Waals surface area contributed by atoms with Crippen LogP contribution in [0, 0.1) is 5.82 Å². The summed E-state index contributed by atoms with van der Waals surface area (Å²) in [6.45, 7) is 2.42. The monoisotopic (exact) mass is 231 g/mol. The van der Waals surface area contributed by atoms with Crippen LogP contribution in [0.15, 0.2) is 12.1 Å². The Morgan fingerprint density at radius 3 is 2.73 bits per heavy atom. The fourth-order valence-electron chi connectivity index (χ4n) is 1.58. The standard InChI is InChI=1S/C11H15ClFNO/c1-7(5-6-14)10-9(15-2)4-3-8(12)11(10)13/h3-4,7H,5-6,14H2,1-2H3. The van der Waals surface area contributed by atoms with E-state index >= 15 is 0 Å². The molecule has 0 saturated heterocycles. The van der Waals surface area contributed by atoms with Crippen LogP contribution in [0.2, 0.25) is 5.02 Å². The van der Waals surface area contributed by atoms with Crippen LogP contribution in [0.4, 0.5) is 4.39 Å². The van der Waals surface area contributed by atoms with Crippen molar-refractivity contribution in [2.75, 3.05) is 13.7 Å². The summed E-state index contributed by atoms with van der Waals surface area (Å²) < 4.78 is 18.9. The molecule has 4 heteroatoms. The average molecular weight is 232 g/mol. The van der Waals surface area contributed by atoms with Gasteiger partial charge in [0.05, 0.1) is 12.1 Å². The van der Waals surface area contributed by atoms with Crippen molar-refractivity contribution in [3.05, 3.63) is 28.5 Å². The molecular formula is C11H15ClFNO. The van der Waals surface area contributed by atoms with Gasteiger partial charge in [0.2, 0.25) is 0 Å². The zero-order chi connectivity index (χ0) is 11.4. The summed E-state index contributed by atoms with van der Waals surface area (Å²) in [4.78, 5) is 0. The van der Waals surface area contributed by atoms with Crippen molar-refractivity contribution >= 4 is 11.6 Å². The number of hydrogen-bond donors (Lipinski definition) is 1. The number of halogens is 2. The molecule has 0 spiro atoms. The Morgan fingerprint density at radius 1 is 1.53 bits per heavy atom. The van der Waals surface area contributed by atoms with Gasteiger partial charge in [0.15, 0.2) is 0 Å². The van der Waals surface area contributed by atoms with Crippen molar-refractivity contribution in [1.82, 2.24) is 0 Å². The number of ether oxygens (including phenoxy) is 1. The van der Waals surface area contributed by atoms with Crippen LogP contribution in [0.5, 0.6) is 5.75 Å². The Balaban J connectivity index is 3.17. The third-order valence-corrected chi connectivity index (χ3v) is 2.70. The Kier molecular flexibility index (Phi) is 4.36. The van der Waals surface area contributed by atoms with Crippen LogP contribution < -0.4 is 10.5 Å². The molecule has 0 aliphatic heterocycles. The number of benzene rings is 1. The second-order valence-corrected chi connectivity index (χ2v) is 3.86. The first-order chi connectivity index (χ1) is 7.11. The van der Waals surface area contributed by atoms with Crippen molar-refractivity contribution in [3.63, 3.8) is 0 Å². The fraction of sp³-hybridized carbons (Fsp3) is 0.455. The molecule has 2 N–H and O–H groups in total. The molecule has 15 heavy (non-hydrogen) atoms. The molecule has 1 atom stereocenters. The maximum absolute atomic E-state index is 13.8. The molecule has 1 aromatic rings. The highest BCUT2D eigenvalue weighted by molar-refractivity contribution is 6.30. The van der Waals surface area contributed by atoms with Gasteiger partial charge in [-0.1, -0.05) is 18.5 Å². The van der Waals surface area contributed by atoms with Gasteiger partial charge in [0.25, 0.3) is 0 Å². The first kappa shape index (κ1) is 12.3. The maximum atomic E-state index is 13.8. The molecule has 1 unspecified atom stereocenters. The Morgan fingerprint density at radius 2 is 2.20 bits per heavy atom. The Hall–Kier alpha value is -0.800. The quantitative estimate of drug-likeness (QED) is 0.865. The lowest BCUT2D eigenvalue weighted by atomic mass is 9.96. The molecule has 84 valence electrons. The van der Waals surface area contributed by atoms with Gasteiger partial charge in [0.1, 0.15) is 11.6 Å². The Labute approximate surface area is 94.2 Å². The van der Waals surface area contributed by atoms with Gasteiger partial charge in [-0.15, -0.1) is 0 Å². The minimum atomic E-state index is -0.406. The Bertz CT molecular complexity index is 344. The van der Waals surface area contributed by atoms with Gasteiger partial charge >= 0.3 is 0 Å². The molecule has 0 amide bonds. The predicted octanol–water partition coefficient (Wildman–Crippen LogP) is 2.94. The van der Waals surface area contributed by atoms with Crippen LogP contribution in [0.3, 0.4) is 0 Å². The first-order valence-electron chi connectivity index (χ1n) is 4.83. The summed E-state index contributed by atoms with van der Waals surface area (Å²) in [5.41, 5.74) is 5.96. The average Bonchev–Trinajstić information content (AvgIpc) is 2.22. The van der Waals surface area contributed by atoms with Crippen molar-refractivity contribution < 1.29 is 9.13 Å². The zero-order valence-corrected chi connectivity index (χ0v) is 9.64. The molecule has 1 aromatic carbocycles. The highest BCUT2D eigenvalue weighted by Crippen LogP contribution is 2.34. The normalized spacial score (nSPS) is 12.6. The lowest BCUT2D eigenvalue weighted by Crippen LogP contribution is -2.08. The molecule has 0 aliphatic carbocycles. The largest absolute Gasteiger partial charge is 0.496 e. The van der Waals surface area contributed by atoms with E-state index < -0.39 is 5.82 Å². The van der Waals surface area contributed by atoms with Gasteiger partial charge in [0, 0.05) is 5.56 Å². The molecule has 0 aliphatic rings. The fourth-order valence-corrected chi connectivity index (χ4v) is 1.74. The zero-order valence-electron chi connectivity index (χ0n) is 8.89. The molecule has 0 saturated carbocycles. The van der Waals surface area contributed by atoms with Gasteiger partial charge in [-0.3, -0.25) is 0 Å². The van der Waals surface area contributed by atoms with Crippen molar-refractivity contribution in [1.29, 1.82) is 0 Å². The molecule has 0 bridgehead atoms. The summed E-state index contributed by atoms with van der Waals surface area (Å²) in [6.07, 6.45) is 0.702. The maximum Gasteiger partial charge on any atom is 0.148 e. The molecule has 0 fully saturated rings. The number of hydrogen-bond acceptors (Lipinski definition) is 2. The third-order valence-electron chi connectivity index (χ3n) is 2.41. The van der Waals surface area contributed by atoms with E-state index in [0.29, 0.717) is 24.3 Å². The highest BCUT2D eigenvalue weighted by atomic mass is 35.5. The van der Waals surface area contributed by atoms with E-state index in [-0.39, 0.29) is 10.9 Å². The topological polar surface area (TPSA) is 35.2 Å². The van der Waals surface area contributed by atoms with Crippen LogP contribution in [0.25, 0.3) is 0 Å². The van der Waals surface area contributed by atoms with Gasteiger partial charge in [-0.25, -0.2) is 4.39 Å². The minimum absolute atomic E-state index is 0.00338. The lowest BCUT2D eigenvalue weighted by molar-refractivity contribution is 0.399. The molecule has 0 heterocycles.